The zero-order valence-corrected chi connectivity index (χ0v) is 44.3. The number of β-amino-alcohol motifs (C(OH)–C–C–N with tert-alkyl or cyclic N) is 1. The molecule has 4 N–H and O–H groups in total. The monoisotopic (exact) mass is 1040 g/mol. The number of nitrogens with one attached hydrogen (secondary N) is 3. The smallest absolute Gasteiger partial charge is 0.319 e. The quantitative estimate of drug-likeness (QED) is 0.101. The van der Waals surface area contributed by atoms with E-state index in [0.29, 0.717) is 48.3 Å². The maximum Gasteiger partial charge on any atom is 0.319 e. The molecule has 5 aliphatic rings. The number of ether oxygens (including phenoxy) is 1. The molecule has 3 aromatic heterocycles. The van der Waals surface area contributed by atoms with Gasteiger partial charge in [0, 0.05) is 81.0 Å². The molecule has 8 heterocycles. The van der Waals surface area contributed by atoms with E-state index in [1.807, 2.05) is 99.9 Å². The number of aliphatic hydroxyl groups is 1. The minimum atomic E-state index is -0.898. The Morgan fingerprint density at radius 2 is 1.64 bits per heavy atom. The number of pyridine rings is 1. The lowest BCUT2D eigenvalue weighted by atomic mass is 9.84. The van der Waals surface area contributed by atoms with Crippen LogP contribution in [0.5, 0.6) is 6.01 Å². The molecule has 394 valence electrons. The molecule has 5 fully saturated rings. The number of amides is 3. The number of rotatable bonds is 13. The standard InChI is InChI=1S/C57H68FN11O5S/c1-33-50(75-32-61-33)36-15-13-34(14-16-36)25-60-54(72)46-24-42(70)30-69(46)55(73)51(57(2,3)4)64-53(71)37-19-21-67(22-20-37)40-23-41(66(5)29-40)31-74-56-63-49-45(52(65-56)68-27-38-17-18-39(28-68)62-38)26-59-48(47(49)58)44-12-8-10-35-9-6-7-11-43(35)44/h6-16,26,32,37-42,46,51,62,70H,17-25,27-31H2,1-5H3,(H,60,72)(H,64,71)/t38?,39?,40-,41-,42+,46-,51+/m0/s1. The molecule has 3 aromatic carbocycles. The highest BCUT2D eigenvalue weighted by Crippen LogP contribution is 2.37. The van der Waals surface area contributed by atoms with E-state index in [4.69, 9.17) is 19.7 Å². The molecule has 2 unspecified atom stereocenters. The number of hydrogen-bond donors (Lipinski definition) is 4. The first-order valence-corrected chi connectivity index (χ1v) is 27.5. The minimum absolute atomic E-state index is 0.0137. The third-order valence-corrected chi connectivity index (χ3v) is 17.4. The number of likely N-dealkylation sites (tertiary alicyclic amines) is 3. The molecular weight excluding hydrogens is 970 g/mol. The number of likely N-dealkylation sites (N-methyl/N-ethyl adjacent to an activating group) is 1. The van der Waals surface area contributed by atoms with Crippen molar-refractivity contribution < 1.29 is 28.6 Å². The summed E-state index contributed by atoms with van der Waals surface area (Å²) >= 11 is 1.58. The van der Waals surface area contributed by atoms with Crippen molar-refractivity contribution in [3.63, 3.8) is 0 Å². The van der Waals surface area contributed by atoms with Crippen molar-refractivity contribution in [1.82, 2.24) is 50.6 Å². The largest absolute Gasteiger partial charge is 0.462 e. The molecule has 5 saturated heterocycles. The summed E-state index contributed by atoms with van der Waals surface area (Å²) in [6.07, 6.45) is 5.28. The number of hydrogen-bond acceptors (Lipinski definition) is 14. The number of anilines is 1. The SMILES string of the molecule is Cc1ncsc1-c1ccc(CNC(=O)[C@@H]2C[C@@H](O)CN2C(=O)[C@@H](NC(=O)C2CCN([C@H]3C[C@@H](COc4nc(N5CC6CCC(C5)N6)c5cnc(-c6cccc7ccccc67)c(F)c5n4)N(C)C3)CC2)C(C)(C)C)cc1. The van der Waals surface area contributed by atoms with E-state index in [9.17, 15) is 19.5 Å². The first kappa shape index (κ1) is 51.0. The van der Waals surface area contributed by atoms with Gasteiger partial charge >= 0.3 is 6.01 Å². The van der Waals surface area contributed by atoms with Crippen LogP contribution in [0.3, 0.4) is 0 Å². The van der Waals surface area contributed by atoms with Gasteiger partial charge in [0.15, 0.2) is 5.82 Å². The highest BCUT2D eigenvalue weighted by Gasteiger charge is 2.46. The van der Waals surface area contributed by atoms with E-state index in [2.05, 4.69) is 42.7 Å². The molecular formula is C57H68FN11O5S. The number of thiazole rings is 1. The van der Waals surface area contributed by atoms with Crippen LogP contribution in [-0.4, -0.2) is 153 Å². The van der Waals surface area contributed by atoms with E-state index >= 15 is 4.39 Å². The van der Waals surface area contributed by atoms with Crippen LogP contribution in [0.15, 0.2) is 78.4 Å². The molecule has 0 radical (unpaired) electrons. The molecule has 0 saturated carbocycles. The number of carbonyl (C=O) groups excluding carboxylic acids is 3. The second-order valence-corrected chi connectivity index (χ2v) is 23.4. The Bertz CT molecular complexity index is 3070. The summed E-state index contributed by atoms with van der Waals surface area (Å²) in [7, 11) is 2.10. The van der Waals surface area contributed by atoms with Crippen LogP contribution in [0.25, 0.3) is 43.4 Å². The highest BCUT2D eigenvalue weighted by atomic mass is 32.1. The Balaban J connectivity index is 0.712. The highest BCUT2D eigenvalue weighted by molar-refractivity contribution is 7.13. The number of nitrogens with zero attached hydrogens (tertiary/aromatic N) is 8. The number of aromatic nitrogens is 4. The topological polar surface area (TPSA) is 181 Å². The fourth-order valence-electron chi connectivity index (χ4n) is 12.2. The van der Waals surface area contributed by atoms with Crippen LogP contribution in [0.1, 0.15) is 70.6 Å². The van der Waals surface area contributed by atoms with Gasteiger partial charge in [-0.25, -0.2) is 9.37 Å². The van der Waals surface area contributed by atoms with Crippen LogP contribution in [-0.2, 0) is 20.9 Å². The van der Waals surface area contributed by atoms with Crippen LogP contribution in [0.2, 0.25) is 0 Å². The molecule has 18 heteroatoms. The number of piperazine rings is 1. The molecule has 7 atom stereocenters. The Morgan fingerprint density at radius 1 is 0.893 bits per heavy atom. The van der Waals surface area contributed by atoms with E-state index in [1.54, 1.807) is 17.5 Å². The van der Waals surface area contributed by atoms with E-state index < -0.39 is 29.4 Å². The van der Waals surface area contributed by atoms with Gasteiger partial charge in [-0.3, -0.25) is 29.2 Å². The molecule has 6 aromatic rings. The van der Waals surface area contributed by atoms with Crippen LogP contribution in [0, 0.1) is 24.1 Å². The van der Waals surface area contributed by atoms with Crippen LogP contribution in [0.4, 0.5) is 10.2 Å². The second kappa shape index (κ2) is 21.1. The minimum Gasteiger partial charge on any atom is -0.462 e. The first-order chi connectivity index (χ1) is 36.1. The van der Waals surface area contributed by atoms with Gasteiger partial charge in [0.05, 0.1) is 27.6 Å². The van der Waals surface area contributed by atoms with Crippen LogP contribution >= 0.6 is 11.3 Å². The van der Waals surface area contributed by atoms with E-state index in [0.717, 1.165) is 84.5 Å². The Kier molecular flexibility index (Phi) is 14.3. The summed E-state index contributed by atoms with van der Waals surface area (Å²) in [6, 6.07) is 21.1. The third kappa shape index (κ3) is 10.6. The molecule has 2 bridgehead atoms. The zero-order valence-electron chi connectivity index (χ0n) is 43.5. The summed E-state index contributed by atoms with van der Waals surface area (Å²) in [4.78, 5) is 70.5. The van der Waals surface area contributed by atoms with Gasteiger partial charge in [0.2, 0.25) is 17.7 Å². The van der Waals surface area contributed by atoms with E-state index in [1.165, 1.54) is 4.90 Å². The van der Waals surface area contributed by atoms with Crippen molar-refractivity contribution in [3.05, 3.63) is 95.5 Å². The van der Waals surface area contributed by atoms with Gasteiger partial charge in [-0.1, -0.05) is 87.5 Å². The molecule has 75 heavy (non-hydrogen) atoms. The average molecular weight is 1040 g/mol. The van der Waals surface area contributed by atoms with Gasteiger partial charge in [-0.05, 0) is 86.5 Å². The predicted octanol–water partition coefficient (Wildman–Crippen LogP) is 6.33. The lowest BCUT2D eigenvalue weighted by Crippen LogP contribution is -2.59. The van der Waals surface area contributed by atoms with Crippen molar-refractivity contribution in [2.45, 2.75) is 115 Å². The van der Waals surface area contributed by atoms with E-state index in [-0.39, 0.29) is 72.5 Å². The van der Waals surface area contributed by atoms with Crippen molar-refractivity contribution >= 4 is 56.6 Å². The average Bonchev–Trinajstić information content (AvgIpc) is 4.21. The summed E-state index contributed by atoms with van der Waals surface area (Å²) < 4.78 is 23.5. The number of aryl methyl sites for hydroxylation is 1. The van der Waals surface area contributed by atoms with Crippen molar-refractivity contribution in [2.24, 2.45) is 11.3 Å². The number of fused-ring (bicyclic) bond motifs is 4. The molecule has 5 aliphatic heterocycles. The predicted molar refractivity (Wildman–Crippen MR) is 289 cm³/mol. The second-order valence-electron chi connectivity index (χ2n) is 22.6. The number of carbonyl (C=O) groups is 3. The Hall–Kier alpha value is -6.18. The molecule has 0 aliphatic carbocycles. The van der Waals surface area contributed by atoms with Gasteiger partial charge in [0.1, 0.15) is 35.7 Å². The van der Waals surface area contributed by atoms with Gasteiger partial charge < -0.3 is 35.6 Å². The van der Waals surface area contributed by atoms with Crippen molar-refractivity contribution in [1.29, 1.82) is 0 Å². The zero-order chi connectivity index (χ0) is 52.1. The van der Waals surface area contributed by atoms with Gasteiger partial charge in [0.25, 0.3) is 0 Å². The number of aliphatic hydroxyl groups excluding tert-OH is 1. The van der Waals surface area contributed by atoms with Crippen LogP contribution < -0.4 is 25.6 Å². The Labute approximate surface area is 441 Å². The Morgan fingerprint density at radius 3 is 2.37 bits per heavy atom. The molecule has 3 amide bonds. The maximum atomic E-state index is 17.0. The number of benzene rings is 3. The summed E-state index contributed by atoms with van der Waals surface area (Å²) in [5, 5.41) is 23.1. The summed E-state index contributed by atoms with van der Waals surface area (Å²) in [5.74, 6) is -1.02. The number of piperidine rings is 1. The number of halogens is 1. The lowest BCUT2D eigenvalue weighted by Gasteiger charge is -2.38. The maximum absolute atomic E-state index is 17.0. The fourth-order valence-corrected chi connectivity index (χ4v) is 13.0. The summed E-state index contributed by atoms with van der Waals surface area (Å²) in [5.41, 5.74) is 5.24. The normalized spacial score (nSPS) is 24.0. The lowest BCUT2D eigenvalue weighted by molar-refractivity contribution is -0.144. The fraction of sp³-hybridized carbons (Fsp3) is 0.491. The van der Waals surface area contributed by atoms with Crippen molar-refractivity contribution in [2.75, 3.05) is 57.8 Å². The molecule has 11 rings (SSSR count). The third-order valence-electron chi connectivity index (χ3n) is 16.4. The van der Waals surface area contributed by atoms with Crippen molar-refractivity contribution in [3.8, 4) is 27.7 Å². The van der Waals surface area contributed by atoms with Gasteiger partial charge in [-0.15, -0.1) is 11.3 Å². The molecule has 0 spiro atoms. The first-order valence-electron chi connectivity index (χ1n) is 26.6. The van der Waals surface area contributed by atoms with Gasteiger partial charge in [-0.2, -0.15) is 9.97 Å². The summed E-state index contributed by atoms with van der Waals surface area (Å²) in [6.45, 7) is 12.1. The molecule has 16 nitrogen and oxygen atoms in total.